The van der Waals surface area contributed by atoms with Gasteiger partial charge in [0.1, 0.15) is 5.75 Å². The summed E-state index contributed by atoms with van der Waals surface area (Å²) in [4.78, 5) is 36.2. The molecule has 0 aliphatic rings. The molecule has 1 atom stereocenters. The maximum Gasteiger partial charge on any atom is 0.329 e. The van der Waals surface area contributed by atoms with Crippen molar-refractivity contribution in [2.75, 3.05) is 27.4 Å². The number of rotatable bonds is 12. The Morgan fingerprint density at radius 2 is 1.62 bits per heavy atom. The predicted molar refractivity (Wildman–Crippen MR) is 147 cm³/mol. The zero-order chi connectivity index (χ0) is 28.0. The summed E-state index contributed by atoms with van der Waals surface area (Å²) >= 11 is 0. The summed E-state index contributed by atoms with van der Waals surface area (Å²) in [7, 11) is 3.10. The molecule has 3 aromatic carbocycles. The Morgan fingerprint density at radius 3 is 2.31 bits per heavy atom. The van der Waals surface area contributed by atoms with Crippen LogP contribution in [0.3, 0.4) is 0 Å². The van der Waals surface area contributed by atoms with Crippen LogP contribution in [0.15, 0.2) is 77.9 Å². The summed E-state index contributed by atoms with van der Waals surface area (Å²) in [6.45, 7) is 2.04. The van der Waals surface area contributed by atoms with E-state index in [0.717, 1.165) is 11.1 Å². The summed E-state index contributed by atoms with van der Waals surface area (Å²) in [6, 6.07) is 21.7. The van der Waals surface area contributed by atoms with Crippen LogP contribution < -0.4 is 30.3 Å². The lowest BCUT2D eigenvalue weighted by molar-refractivity contribution is -0.139. The quantitative estimate of drug-likeness (QED) is 0.187. The molecular weight excluding hydrogens is 500 g/mol. The molecule has 0 aliphatic heterocycles. The van der Waals surface area contributed by atoms with Gasteiger partial charge < -0.3 is 24.8 Å². The lowest BCUT2D eigenvalue weighted by Gasteiger charge is -2.14. The lowest BCUT2D eigenvalue weighted by atomic mass is 10.1. The van der Waals surface area contributed by atoms with Crippen LogP contribution >= 0.6 is 0 Å². The first kappa shape index (κ1) is 28.7. The maximum atomic E-state index is 12.2. The molecular formula is C29H32N4O6. The normalized spacial score (nSPS) is 11.4. The molecule has 3 amide bonds. The van der Waals surface area contributed by atoms with E-state index in [9.17, 15) is 14.4 Å². The third-order valence-corrected chi connectivity index (χ3v) is 5.66. The molecule has 0 aromatic heterocycles. The highest BCUT2D eigenvalue weighted by molar-refractivity contribution is 6.35. The number of carbonyl (C=O) groups excluding carboxylic acids is 3. The van der Waals surface area contributed by atoms with Crippen molar-refractivity contribution < 1.29 is 28.6 Å². The molecule has 0 saturated carbocycles. The van der Waals surface area contributed by atoms with E-state index in [0.29, 0.717) is 29.2 Å². The minimum absolute atomic E-state index is 0.123. The smallest absolute Gasteiger partial charge is 0.329 e. The maximum absolute atomic E-state index is 12.2. The van der Waals surface area contributed by atoms with Gasteiger partial charge in [0.25, 0.3) is 5.91 Å². The van der Waals surface area contributed by atoms with Gasteiger partial charge in [0.2, 0.25) is 0 Å². The average molecular weight is 533 g/mol. The molecule has 0 fully saturated rings. The van der Waals surface area contributed by atoms with E-state index in [1.807, 2.05) is 49.4 Å². The molecule has 10 heteroatoms. The molecule has 0 radical (unpaired) electrons. The highest BCUT2D eigenvalue weighted by atomic mass is 16.5. The highest BCUT2D eigenvalue weighted by Gasteiger charge is 2.12. The van der Waals surface area contributed by atoms with Crippen LogP contribution in [0.4, 0.5) is 0 Å². The number of nitrogens with one attached hydrogen (secondary N) is 3. The molecule has 0 aliphatic carbocycles. The molecule has 204 valence electrons. The third-order valence-electron chi connectivity index (χ3n) is 5.66. The van der Waals surface area contributed by atoms with Crippen LogP contribution in [0.5, 0.6) is 17.2 Å². The summed E-state index contributed by atoms with van der Waals surface area (Å²) < 4.78 is 16.0. The summed E-state index contributed by atoms with van der Waals surface area (Å²) in [5.41, 5.74) is 4.79. The van der Waals surface area contributed by atoms with Crippen LogP contribution in [0.25, 0.3) is 0 Å². The van der Waals surface area contributed by atoms with E-state index in [2.05, 4.69) is 21.2 Å². The average Bonchev–Trinajstić information content (AvgIpc) is 2.96. The van der Waals surface area contributed by atoms with Gasteiger partial charge in [0, 0.05) is 6.54 Å². The summed E-state index contributed by atoms with van der Waals surface area (Å²) in [6.07, 6.45) is 1.90. The topological polar surface area (TPSA) is 127 Å². The Kier molecular flexibility index (Phi) is 10.9. The fraction of sp³-hybridized carbons (Fsp3) is 0.241. The Morgan fingerprint density at radius 1 is 0.897 bits per heavy atom. The molecule has 0 spiro atoms. The van der Waals surface area contributed by atoms with Crippen LogP contribution in [0.2, 0.25) is 0 Å². The van der Waals surface area contributed by atoms with Gasteiger partial charge >= 0.3 is 11.8 Å². The van der Waals surface area contributed by atoms with Crippen LogP contribution in [-0.4, -0.2) is 51.3 Å². The van der Waals surface area contributed by atoms with E-state index in [4.69, 9.17) is 14.2 Å². The number of benzene rings is 3. The Labute approximate surface area is 227 Å². The van der Waals surface area contributed by atoms with E-state index < -0.39 is 11.8 Å². The van der Waals surface area contributed by atoms with Crippen LogP contribution in [0, 0.1) is 0 Å². The second-order valence-electron chi connectivity index (χ2n) is 8.45. The largest absolute Gasteiger partial charge is 0.493 e. The van der Waals surface area contributed by atoms with Gasteiger partial charge in [-0.15, -0.1) is 0 Å². The Balaban J connectivity index is 1.37. The Hall–Kier alpha value is -4.86. The first-order valence-corrected chi connectivity index (χ1v) is 12.3. The summed E-state index contributed by atoms with van der Waals surface area (Å²) in [5.74, 6) is -0.201. The summed E-state index contributed by atoms with van der Waals surface area (Å²) in [5, 5.41) is 9.25. The van der Waals surface area contributed by atoms with Gasteiger partial charge in [-0.1, -0.05) is 36.4 Å². The van der Waals surface area contributed by atoms with Crippen molar-refractivity contribution in [3.63, 3.8) is 0 Å². The van der Waals surface area contributed by atoms with Crippen molar-refractivity contribution in [2.24, 2.45) is 5.10 Å². The van der Waals surface area contributed by atoms with Crippen molar-refractivity contribution in [1.29, 1.82) is 0 Å². The third kappa shape index (κ3) is 9.19. The van der Waals surface area contributed by atoms with Gasteiger partial charge in [-0.2, -0.15) is 5.10 Å². The first-order chi connectivity index (χ1) is 18.9. The van der Waals surface area contributed by atoms with Crippen molar-refractivity contribution in [3.05, 3.63) is 89.5 Å². The van der Waals surface area contributed by atoms with E-state index in [1.165, 1.54) is 6.21 Å². The molecule has 3 aromatic rings. The van der Waals surface area contributed by atoms with Gasteiger partial charge in [0.05, 0.1) is 26.5 Å². The zero-order valence-electron chi connectivity index (χ0n) is 22.1. The zero-order valence-corrected chi connectivity index (χ0v) is 22.1. The second kappa shape index (κ2) is 14.8. The number of hydrogen-bond acceptors (Lipinski definition) is 7. The fourth-order valence-electron chi connectivity index (χ4n) is 3.56. The monoisotopic (exact) mass is 532 g/mol. The van der Waals surface area contributed by atoms with E-state index in [-0.39, 0.29) is 25.1 Å². The van der Waals surface area contributed by atoms with Crippen molar-refractivity contribution in [2.45, 2.75) is 19.4 Å². The lowest BCUT2D eigenvalue weighted by Crippen LogP contribution is -2.38. The molecule has 39 heavy (non-hydrogen) atoms. The molecule has 0 saturated heterocycles. The second-order valence-corrected chi connectivity index (χ2v) is 8.45. The molecule has 3 rings (SSSR count). The standard InChI is InChI=1S/C29H32N4O6/c1-20(23-7-5-4-6-8-23)32-27(34)19-39-24-12-9-22(10-13-24)18-31-33-29(36)28(35)30-16-15-21-11-14-25(37-2)26(17-21)38-3/h4-14,17-18,20H,15-16,19H2,1-3H3,(H,30,35)(H,32,34)(H,33,36)/b31-18-/t20-/m0/s1. The number of ether oxygens (including phenoxy) is 3. The number of hydrogen-bond donors (Lipinski definition) is 3. The minimum atomic E-state index is -0.880. The predicted octanol–water partition coefficient (Wildman–Crippen LogP) is 2.77. The van der Waals surface area contributed by atoms with E-state index >= 15 is 0 Å². The molecule has 0 unspecified atom stereocenters. The highest BCUT2D eigenvalue weighted by Crippen LogP contribution is 2.27. The number of amides is 3. The number of methoxy groups -OCH3 is 2. The van der Waals surface area contributed by atoms with Crippen molar-refractivity contribution in [3.8, 4) is 17.2 Å². The minimum Gasteiger partial charge on any atom is -0.493 e. The molecule has 10 nitrogen and oxygen atoms in total. The molecule has 0 heterocycles. The van der Waals surface area contributed by atoms with Gasteiger partial charge in [0.15, 0.2) is 18.1 Å². The van der Waals surface area contributed by atoms with Gasteiger partial charge in [-0.05, 0) is 66.4 Å². The first-order valence-electron chi connectivity index (χ1n) is 12.3. The van der Waals surface area contributed by atoms with Crippen LogP contribution in [-0.2, 0) is 20.8 Å². The SMILES string of the molecule is COc1ccc(CCNC(=O)C(=O)N/N=C\c2ccc(OCC(=O)N[C@@H](C)c3ccccc3)cc2)cc1OC. The van der Waals surface area contributed by atoms with Crippen LogP contribution in [0.1, 0.15) is 29.7 Å². The van der Waals surface area contributed by atoms with E-state index in [1.54, 1.807) is 44.6 Å². The number of carbonyl (C=O) groups is 3. The van der Waals surface area contributed by atoms with Gasteiger partial charge in [-0.3, -0.25) is 14.4 Å². The molecule has 0 bridgehead atoms. The Bertz CT molecular complexity index is 1280. The van der Waals surface area contributed by atoms with Crippen molar-refractivity contribution in [1.82, 2.24) is 16.1 Å². The number of hydrazone groups is 1. The molecule has 3 N–H and O–H groups in total. The van der Waals surface area contributed by atoms with Crippen molar-refractivity contribution >= 4 is 23.9 Å². The fourth-order valence-corrected chi connectivity index (χ4v) is 3.56. The van der Waals surface area contributed by atoms with Gasteiger partial charge in [-0.25, -0.2) is 5.43 Å². The number of nitrogens with zero attached hydrogens (tertiary/aromatic N) is 1.